The summed E-state index contributed by atoms with van der Waals surface area (Å²) in [5.41, 5.74) is 2.32. The Morgan fingerprint density at radius 3 is 2.59 bits per heavy atom. The smallest absolute Gasteiger partial charge is 0.228 e. The Kier molecular flexibility index (Phi) is 4.43. The van der Waals surface area contributed by atoms with E-state index < -0.39 is 0 Å². The van der Waals surface area contributed by atoms with Crippen LogP contribution in [0.3, 0.4) is 0 Å². The molecule has 5 nitrogen and oxygen atoms in total. The number of aryl methyl sites for hydroxylation is 1. The number of nitrogens with zero attached hydrogens (tertiary/aromatic N) is 2. The van der Waals surface area contributed by atoms with Crippen molar-refractivity contribution in [3.05, 3.63) is 35.4 Å². The van der Waals surface area contributed by atoms with Crippen LogP contribution in [0.25, 0.3) is 0 Å². The first kappa shape index (κ1) is 15.0. The molecule has 2 amide bonds. The van der Waals surface area contributed by atoms with Gasteiger partial charge in [-0.05, 0) is 12.5 Å². The van der Waals surface area contributed by atoms with Crippen molar-refractivity contribution < 1.29 is 14.3 Å². The minimum absolute atomic E-state index is 0.0761. The Morgan fingerprint density at radius 2 is 1.91 bits per heavy atom. The molecule has 0 radical (unpaired) electrons. The van der Waals surface area contributed by atoms with Crippen LogP contribution < -0.4 is 0 Å². The fraction of sp³-hybridized carbons (Fsp3) is 0.529. The quantitative estimate of drug-likeness (QED) is 0.843. The monoisotopic (exact) mass is 302 g/mol. The predicted octanol–water partition coefficient (Wildman–Crippen LogP) is 1.20. The number of carbonyl (C=O) groups is 2. The van der Waals surface area contributed by atoms with Crippen molar-refractivity contribution in [1.29, 1.82) is 0 Å². The van der Waals surface area contributed by atoms with Gasteiger partial charge in [-0.1, -0.05) is 29.8 Å². The van der Waals surface area contributed by atoms with Gasteiger partial charge in [0.05, 0.1) is 19.1 Å². The molecule has 2 heterocycles. The summed E-state index contributed by atoms with van der Waals surface area (Å²) in [5.74, 6) is -0.0220. The average Bonchev–Trinajstić information content (AvgIpc) is 2.91. The molecule has 0 aliphatic carbocycles. The summed E-state index contributed by atoms with van der Waals surface area (Å²) in [6, 6.07) is 8.18. The van der Waals surface area contributed by atoms with Gasteiger partial charge >= 0.3 is 0 Å². The van der Waals surface area contributed by atoms with Gasteiger partial charge in [-0.15, -0.1) is 0 Å². The molecule has 0 N–H and O–H groups in total. The Labute approximate surface area is 130 Å². The molecule has 1 aromatic rings. The molecular formula is C17H22N2O3. The molecule has 0 unspecified atom stereocenters. The predicted molar refractivity (Wildman–Crippen MR) is 82.1 cm³/mol. The first-order chi connectivity index (χ1) is 10.6. The van der Waals surface area contributed by atoms with E-state index >= 15 is 0 Å². The lowest BCUT2D eigenvalue weighted by Gasteiger charge is -2.29. The second kappa shape index (κ2) is 6.48. The highest BCUT2D eigenvalue weighted by Gasteiger charge is 2.36. The molecule has 3 rings (SSSR count). The summed E-state index contributed by atoms with van der Waals surface area (Å²) >= 11 is 0. The first-order valence-electron chi connectivity index (χ1n) is 7.83. The molecule has 118 valence electrons. The molecule has 0 bridgehead atoms. The van der Waals surface area contributed by atoms with Gasteiger partial charge in [0.1, 0.15) is 0 Å². The van der Waals surface area contributed by atoms with Gasteiger partial charge < -0.3 is 14.5 Å². The second-order valence-electron chi connectivity index (χ2n) is 6.10. The van der Waals surface area contributed by atoms with Crippen molar-refractivity contribution in [1.82, 2.24) is 9.80 Å². The third-order valence-electron chi connectivity index (χ3n) is 4.38. The number of morpholine rings is 1. The lowest BCUT2D eigenvalue weighted by molar-refractivity contribution is -0.139. The number of likely N-dealkylation sites (tertiary alicyclic amines) is 1. The zero-order valence-corrected chi connectivity index (χ0v) is 13.0. The number of hydrogen-bond donors (Lipinski definition) is 0. The fourth-order valence-electron chi connectivity index (χ4n) is 3.05. The van der Waals surface area contributed by atoms with E-state index in [-0.39, 0.29) is 17.7 Å². The number of ether oxygens (including phenoxy) is 1. The summed E-state index contributed by atoms with van der Waals surface area (Å²) in [6.45, 7) is 5.64. The molecule has 1 aromatic carbocycles. The third kappa shape index (κ3) is 3.30. The first-order valence-corrected chi connectivity index (χ1v) is 7.83. The zero-order chi connectivity index (χ0) is 15.5. The van der Waals surface area contributed by atoms with Gasteiger partial charge in [-0.25, -0.2) is 0 Å². The van der Waals surface area contributed by atoms with Crippen LogP contribution in [0.4, 0.5) is 0 Å². The van der Waals surface area contributed by atoms with E-state index in [0.29, 0.717) is 45.8 Å². The molecule has 2 aliphatic heterocycles. The Hall–Kier alpha value is -1.88. The standard InChI is InChI=1S/C17H22N2O3/c1-13-2-4-14(5-3-13)11-19-12-15(10-16(19)20)17(21)18-6-8-22-9-7-18/h2-5,15H,6-12H2,1H3/t15-/m0/s1. The van der Waals surface area contributed by atoms with Gasteiger partial charge in [0.2, 0.25) is 11.8 Å². The lowest BCUT2D eigenvalue weighted by atomic mass is 10.1. The summed E-state index contributed by atoms with van der Waals surface area (Å²) < 4.78 is 5.27. The summed E-state index contributed by atoms with van der Waals surface area (Å²) in [5, 5.41) is 0. The van der Waals surface area contributed by atoms with Crippen LogP contribution in [0.1, 0.15) is 17.5 Å². The van der Waals surface area contributed by atoms with Crippen molar-refractivity contribution in [2.24, 2.45) is 5.92 Å². The average molecular weight is 302 g/mol. The molecule has 22 heavy (non-hydrogen) atoms. The SMILES string of the molecule is Cc1ccc(CN2C[C@@H](C(=O)N3CCOCC3)CC2=O)cc1. The van der Waals surface area contributed by atoms with E-state index in [1.165, 1.54) is 5.56 Å². The van der Waals surface area contributed by atoms with E-state index in [9.17, 15) is 9.59 Å². The van der Waals surface area contributed by atoms with Crippen LogP contribution in [0.15, 0.2) is 24.3 Å². The number of carbonyl (C=O) groups excluding carboxylic acids is 2. The van der Waals surface area contributed by atoms with Crippen molar-refractivity contribution >= 4 is 11.8 Å². The van der Waals surface area contributed by atoms with Gasteiger partial charge in [0.15, 0.2) is 0 Å². The van der Waals surface area contributed by atoms with Crippen LogP contribution in [-0.4, -0.2) is 54.5 Å². The van der Waals surface area contributed by atoms with Crippen LogP contribution in [0.2, 0.25) is 0 Å². The molecule has 5 heteroatoms. The number of rotatable bonds is 3. The molecule has 2 aliphatic rings. The van der Waals surface area contributed by atoms with Crippen LogP contribution in [-0.2, 0) is 20.9 Å². The molecule has 2 fully saturated rings. The largest absolute Gasteiger partial charge is 0.378 e. The molecule has 2 saturated heterocycles. The van der Waals surface area contributed by atoms with Crippen LogP contribution in [0.5, 0.6) is 0 Å². The fourth-order valence-corrected chi connectivity index (χ4v) is 3.05. The van der Waals surface area contributed by atoms with Gasteiger partial charge in [0.25, 0.3) is 0 Å². The Balaban J connectivity index is 1.60. The maximum atomic E-state index is 12.5. The molecule has 0 saturated carbocycles. The molecule has 0 aromatic heterocycles. The van der Waals surface area contributed by atoms with Crippen molar-refractivity contribution in [2.75, 3.05) is 32.8 Å². The highest BCUT2D eigenvalue weighted by Crippen LogP contribution is 2.22. The second-order valence-corrected chi connectivity index (χ2v) is 6.10. The summed E-state index contributed by atoms with van der Waals surface area (Å²) in [4.78, 5) is 28.3. The third-order valence-corrected chi connectivity index (χ3v) is 4.38. The molecule has 1 atom stereocenters. The minimum Gasteiger partial charge on any atom is -0.378 e. The maximum absolute atomic E-state index is 12.5. The van der Waals surface area contributed by atoms with Crippen molar-refractivity contribution in [2.45, 2.75) is 19.9 Å². The normalized spacial score (nSPS) is 22.2. The van der Waals surface area contributed by atoms with E-state index in [4.69, 9.17) is 4.74 Å². The van der Waals surface area contributed by atoms with E-state index in [0.717, 1.165) is 5.56 Å². The molecule has 0 spiro atoms. The van der Waals surface area contributed by atoms with E-state index in [1.54, 1.807) is 4.90 Å². The molecular weight excluding hydrogens is 280 g/mol. The summed E-state index contributed by atoms with van der Waals surface area (Å²) in [6.07, 6.45) is 0.335. The van der Waals surface area contributed by atoms with Crippen molar-refractivity contribution in [3.8, 4) is 0 Å². The number of hydrogen-bond acceptors (Lipinski definition) is 3. The van der Waals surface area contributed by atoms with E-state index in [1.807, 2.05) is 36.1 Å². The van der Waals surface area contributed by atoms with Crippen LogP contribution >= 0.6 is 0 Å². The topological polar surface area (TPSA) is 49.9 Å². The Bertz CT molecular complexity index is 550. The van der Waals surface area contributed by atoms with E-state index in [2.05, 4.69) is 0 Å². The number of amides is 2. The highest BCUT2D eigenvalue weighted by molar-refractivity contribution is 5.89. The van der Waals surface area contributed by atoms with Gasteiger partial charge in [0, 0.05) is 32.6 Å². The Morgan fingerprint density at radius 1 is 1.23 bits per heavy atom. The minimum atomic E-state index is -0.198. The highest BCUT2D eigenvalue weighted by atomic mass is 16.5. The van der Waals surface area contributed by atoms with Gasteiger partial charge in [-0.2, -0.15) is 0 Å². The lowest BCUT2D eigenvalue weighted by Crippen LogP contribution is -2.44. The summed E-state index contributed by atoms with van der Waals surface area (Å²) in [7, 11) is 0. The van der Waals surface area contributed by atoms with Gasteiger partial charge in [-0.3, -0.25) is 9.59 Å². The zero-order valence-electron chi connectivity index (χ0n) is 13.0. The number of benzene rings is 1. The maximum Gasteiger partial charge on any atom is 0.228 e. The van der Waals surface area contributed by atoms with Crippen LogP contribution in [0, 0.1) is 12.8 Å². The van der Waals surface area contributed by atoms with Crippen molar-refractivity contribution in [3.63, 3.8) is 0 Å².